The first-order valence-electron chi connectivity index (χ1n) is 9.51. The molecule has 1 aromatic heterocycles. The number of urea groups is 1. The summed E-state index contributed by atoms with van der Waals surface area (Å²) in [6.07, 6.45) is 9.92. The van der Waals surface area contributed by atoms with Gasteiger partial charge in [-0.3, -0.25) is 4.68 Å². The smallest absolute Gasteiger partial charge is 0.321 e. The molecule has 0 bridgehead atoms. The number of carbonyl (C=O) groups is 1. The zero-order valence-electron chi connectivity index (χ0n) is 14.6. The number of nitrogens with zero attached hydrogens (tertiary/aromatic N) is 3. The van der Waals surface area contributed by atoms with E-state index in [4.69, 9.17) is 0 Å². The molecule has 132 valence electrons. The van der Waals surface area contributed by atoms with E-state index < -0.39 is 0 Å². The fraction of sp³-hybridized carbons (Fsp3) is 0.778. The zero-order chi connectivity index (χ0) is 16.5. The van der Waals surface area contributed by atoms with E-state index in [1.165, 1.54) is 19.3 Å². The van der Waals surface area contributed by atoms with E-state index in [0.717, 1.165) is 62.5 Å². The molecule has 2 amide bonds. The van der Waals surface area contributed by atoms with Crippen molar-refractivity contribution < 1.29 is 4.79 Å². The topological polar surface area (TPSA) is 62.2 Å². The van der Waals surface area contributed by atoms with Crippen LogP contribution in [0.25, 0.3) is 0 Å². The molecule has 0 aromatic carbocycles. The first-order valence-corrected chi connectivity index (χ1v) is 9.51. The minimum Gasteiger partial charge on any atom is -0.325 e. The summed E-state index contributed by atoms with van der Waals surface area (Å²) in [4.78, 5) is 14.4. The third-order valence-electron chi connectivity index (χ3n) is 6.17. The van der Waals surface area contributed by atoms with Gasteiger partial charge in [-0.25, -0.2) is 4.79 Å². The van der Waals surface area contributed by atoms with Gasteiger partial charge in [0.2, 0.25) is 0 Å². The highest BCUT2D eigenvalue weighted by Crippen LogP contribution is 2.39. The molecule has 1 aromatic rings. The second-order valence-corrected chi connectivity index (χ2v) is 7.79. The molecular weight excluding hydrogens is 302 g/mol. The Kier molecular flexibility index (Phi) is 4.48. The van der Waals surface area contributed by atoms with E-state index in [2.05, 4.69) is 22.7 Å². The summed E-state index contributed by atoms with van der Waals surface area (Å²) in [6, 6.07) is 0.461. The highest BCUT2D eigenvalue weighted by Gasteiger charge is 2.31. The summed E-state index contributed by atoms with van der Waals surface area (Å²) in [7, 11) is 0. The first-order chi connectivity index (χ1) is 11.7. The van der Waals surface area contributed by atoms with Gasteiger partial charge in [0.15, 0.2) is 0 Å². The molecular formula is C18H29N5O. The first kappa shape index (κ1) is 15.9. The van der Waals surface area contributed by atoms with Crippen molar-refractivity contribution in [2.24, 2.45) is 17.8 Å². The maximum Gasteiger partial charge on any atom is 0.321 e. The maximum atomic E-state index is 12.5. The molecule has 4 rings (SSSR count). The number of hydrogen-bond acceptors (Lipinski definition) is 3. The van der Waals surface area contributed by atoms with Crippen LogP contribution in [0.5, 0.6) is 0 Å². The summed E-state index contributed by atoms with van der Waals surface area (Å²) < 4.78 is 1.99. The van der Waals surface area contributed by atoms with Gasteiger partial charge in [0.1, 0.15) is 0 Å². The molecule has 2 atom stereocenters. The molecule has 6 heteroatoms. The van der Waals surface area contributed by atoms with Crippen LogP contribution in [0.4, 0.5) is 10.5 Å². The molecule has 2 unspecified atom stereocenters. The van der Waals surface area contributed by atoms with Crippen molar-refractivity contribution in [1.82, 2.24) is 20.0 Å². The highest BCUT2D eigenvalue weighted by molar-refractivity contribution is 5.89. The third kappa shape index (κ3) is 3.43. The lowest BCUT2D eigenvalue weighted by Gasteiger charge is -2.34. The Morgan fingerprint density at radius 3 is 2.71 bits per heavy atom. The fourth-order valence-corrected chi connectivity index (χ4v) is 4.28. The van der Waals surface area contributed by atoms with Crippen molar-refractivity contribution >= 4 is 11.7 Å². The molecule has 24 heavy (non-hydrogen) atoms. The van der Waals surface area contributed by atoms with Crippen LogP contribution in [-0.2, 0) is 0 Å². The fourth-order valence-electron chi connectivity index (χ4n) is 4.28. The number of likely N-dealkylation sites (tertiary alicyclic amines) is 1. The SMILES string of the molecule is CC(C1CC1)n1cc(NC(=O)N2CCC(C3CCNC3)CC2)cn1. The molecule has 1 aliphatic carbocycles. The minimum atomic E-state index is 0.0246. The predicted molar refractivity (Wildman–Crippen MR) is 94.0 cm³/mol. The van der Waals surface area contributed by atoms with E-state index >= 15 is 0 Å². The van der Waals surface area contributed by atoms with Gasteiger partial charge in [-0.05, 0) is 69.9 Å². The van der Waals surface area contributed by atoms with E-state index in [1.54, 1.807) is 6.20 Å². The van der Waals surface area contributed by atoms with Crippen LogP contribution in [0.2, 0.25) is 0 Å². The Balaban J connectivity index is 1.27. The van der Waals surface area contributed by atoms with Crippen molar-refractivity contribution in [3.05, 3.63) is 12.4 Å². The number of piperidine rings is 1. The Morgan fingerprint density at radius 2 is 2.04 bits per heavy atom. The normalized spacial score (nSPS) is 26.5. The van der Waals surface area contributed by atoms with Crippen molar-refractivity contribution in [1.29, 1.82) is 0 Å². The maximum absolute atomic E-state index is 12.5. The molecule has 0 radical (unpaired) electrons. The van der Waals surface area contributed by atoms with Gasteiger partial charge in [0.25, 0.3) is 0 Å². The van der Waals surface area contributed by atoms with E-state index in [-0.39, 0.29) is 6.03 Å². The number of rotatable bonds is 4. The number of nitrogens with one attached hydrogen (secondary N) is 2. The minimum absolute atomic E-state index is 0.0246. The Bertz CT molecular complexity index is 568. The lowest BCUT2D eigenvalue weighted by Crippen LogP contribution is -2.42. The van der Waals surface area contributed by atoms with Gasteiger partial charge in [-0.15, -0.1) is 0 Å². The molecule has 0 spiro atoms. The average Bonchev–Trinajstić information content (AvgIpc) is 3.10. The van der Waals surface area contributed by atoms with Crippen LogP contribution >= 0.6 is 0 Å². The van der Waals surface area contributed by atoms with Gasteiger partial charge in [-0.2, -0.15) is 5.10 Å². The number of anilines is 1. The standard InChI is InChI=1S/C18H29N5O/c1-13(14-2-3-14)23-12-17(11-20-23)21-18(24)22-8-5-15(6-9-22)16-4-7-19-10-16/h11-16,19H,2-10H2,1H3,(H,21,24). The molecule has 3 aliphatic rings. The van der Waals surface area contributed by atoms with E-state index in [0.29, 0.717) is 6.04 Å². The van der Waals surface area contributed by atoms with Crippen molar-refractivity contribution in [3.8, 4) is 0 Å². The molecule has 6 nitrogen and oxygen atoms in total. The van der Waals surface area contributed by atoms with Crippen molar-refractivity contribution in [2.75, 3.05) is 31.5 Å². The van der Waals surface area contributed by atoms with Crippen molar-refractivity contribution in [3.63, 3.8) is 0 Å². The number of aromatic nitrogens is 2. The van der Waals surface area contributed by atoms with E-state index in [1.807, 2.05) is 15.8 Å². The third-order valence-corrected chi connectivity index (χ3v) is 6.17. The molecule has 1 saturated carbocycles. The summed E-state index contributed by atoms with van der Waals surface area (Å²) in [5.41, 5.74) is 0.814. The summed E-state index contributed by atoms with van der Waals surface area (Å²) >= 11 is 0. The molecule has 3 fully saturated rings. The Labute approximate surface area is 144 Å². The number of hydrogen-bond donors (Lipinski definition) is 2. The van der Waals surface area contributed by atoms with Crippen LogP contribution in [-0.4, -0.2) is 46.9 Å². The second-order valence-electron chi connectivity index (χ2n) is 7.79. The lowest BCUT2D eigenvalue weighted by molar-refractivity contribution is 0.163. The van der Waals surface area contributed by atoms with Crippen LogP contribution in [0.3, 0.4) is 0 Å². The number of amides is 2. The van der Waals surface area contributed by atoms with Crippen LogP contribution < -0.4 is 10.6 Å². The molecule has 3 heterocycles. The van der Waals surface area contributed by atoms with Gasteiger partial charge in [0, 0.05) is 19.3 Å². The zero-order valence-corrected chi connectivity index (χ0v) is 14.6. The molecule has 2 aliphatic heterocycles. The highest BCUT2D eigenvalue weighted by atomic mass is 16.2. The van der Waals surface area contributed by atoms with Crippen molar-refractivity contribution in [2.45, 2.75) is 45.1 Å². The summed E-state index contributed by atoms with van der Waals surface area (Å²) in [5, 5.41) is 10.9. The lowest BCUT2D eigenvalue weighted by atomic mass is 9.84. The van der Waals surface area contributed by atoms with Gasteiger partial charge in [0.05, 0.1) is 17.9 Å². The summed E-state index contributed by atoms with van der Waals surface area (Å²) in [6.45, 7) is 6.28. The van der Waals surface area contributed by atoms with E-state index in [9.17, 15) is 4.79 Å². The quantitative estimate of drug-likeness (QED) is 0.892. The monoisotopic (exact) mass is 331 g/mol. The van der Waals surface area contributed by atoms with Gasteiger partial charge in [-0.1, -0.05) is 0 Å². The number of carbonyl (C=O) groups excluding carboxylic acids is 1. The largest absolute Gasteiger partial charge is 0.325 e. The summed E-state index contributed by atoms with van der Waals surface area (Å²) in [5.74, 6) is 2.36. The van der Waals surface area contributed by atoms with Crippen LogP contribution in [0.1, 0.15) is 45.1 Å². The predicted octanol–water partition coefficient (Wildman–Crippen LogP) is 2.71. The van der Waals surface area contributed by atoms with Gasteiger partial charge < -0.3 is 15.5 Å². The van der Waals surface area contributed by atoms with Gasteiger partial charge >= 0.3 is 6.03 Å². The average molecular weight is 331 g/mol. The molecule has 2 N–H and O–H groups in total. The Morgan fingerprint density at radius 1 is 1.25 bits per heavy atom. The van der Waals surface area contributed by atoms with Crippen LogP contribution in [0, 0.1) is 17.8 Å². The Hall–Kier alpha value is -1.56. The van der Waals surface area contributed by atoms with Crippen LogP contribution in [0.15, 0.2) is 12.4 Å². The molecule has 2 saturated heterocycles. The second kappa shape index (κ2) is 6.75.